The summed E-state index contributed by atoms with van der Waals surface area (Å²) in [4.78, 5) is 11.6. The molecule has 3 rings (SSSR count). The highest BCUT2D eigenvalue weighted by Crippen LogP contribution is 2.19. The maximum Gasteiger partial charge on any atom is 0.407 e. The Labute approximate surface area is 139 Å². The number of aromatic amines is 1. The lowest BCUT2D eigenvalue weighted by molar-refractivity contribution is 0.141. The van der Waals surface area contributed by atoms with Gasteiger partial charge in [0, 0.05) is 11.9 Å². The molecule has 122 valence electrons. The number of H-pyrrole nitrogens is 1. The molecule has 2 aromatic carbocycles. The number of nitrogens with zero attached hydrogens (tertiary/aromatic N) is 1. The Morgan fingerprint density at radius 1 is 1.25 bits per heavy atom. The van der Waals surface area contributed by atoms with Gasteiger partial charge in [0.15, 0.2) is 5.82 Å². The Bertz CT molecular complexity index is 856. The fourth-order valence-electron chi connectivity index (χ4n) is 2.27. The summed E-state index contributed by atoms with van der Waals surface area (Å²) in [6.45, 7) is 0.644. The molecule has 0 unspecified atom stereocenters. The number of nitrogens with one attached hydrogen (secondary N) is 2. The van der Waals surface area contributed by atoms with Crippen LogP contribution in [-0.2, 0) is 11.3 Å². The van der Waals surface area contributed by atoms with Crippen LogP contribution < -0.4 is 11.1 Å². The van der Waals surface area contributed by atoms with Crippen LogP contribution in [0.15, 0.2) is 54.6 Å². The van der Waals surface area contributed by atoms with Crippen LogP contribution in [0.25, 0.3) is 17.0 Å². The van der Waals surface area contributed by atoms with Crippen molar-refractivity contribution < 1.29 is 9.53 Å². The number of carbonyl (C=O) groups excluding carboxylic acids is 1. The minimum absolute atomic E-state index is 0.258. The highest BCUT2D eigenvalue weighted by Gasteiger charge is 2.02. The fourth-order valence-corrected chi connectivity index (χ4v) is 2.27. The second kappa shape index (κ2) is 7.32. The number of nitrogens with two attached hydrogens (primary N) is 1. The largest absolute Gasteiger partial charge is 0.445 e. The second-order valence-corrected chi connectivity index (χ2v) is 5.26. The number of fused-ring (bicyclic) bond motifs is 1. The van der Waals surface area contributed by atoms with Gasteiger partial charge in [0.2, 0.25) is 0 Å². The second-order valence-electron chi connectivity index (χ2n) is 5.26. The normalized spacial score (nSPS) is 11.0. The van der Waals surface area contributed by atoms with E-state index in [1.54, 1.807) is 0 Å². The fraction of sp³-hybridized carbons (Fsp3) is 0.111. The number of carbonyl (C=O) groups is 1. The summed E-state index contributed by atoms with van der Waals surface area (Å²) in [5, 5.41) is 10.4. The van der Waals surface area contributed by atoms with Crippen molar-refractivity contribution >= 4 is 28.9 Å². The molecule has 6 heteroatoms. The lowest BCUT2D eigenvalue weighted by Crippen LogP contribution is -2.24. The van der Waals surface area contributed by atoms with Crippen LogP contribution in [-0.4, -0.2) is 22.8 Å². The Balaban J connectivity index is 1.46. The van der Waals surface area contributed by atoms with Crippen molar-refractivity contribution in [3.63, 3.8) is 0 Å². The van der Waals surface area contributed by atoms with E-state index in [2.05, 4.69) is 15.5 Å². The number of rotatable bonds is 5. The van der Waals surface area contributed by atoms with Crippen LogP contribution in [0.4, 0.5) is 10.6 Å². The van der Waals surface area contributed by atoms with Gasteiger partial charge >= 0.3 is 6.09 Å². The van der Waals surface area contributed by atoms with Gasteiger partial charge in [-0.05, 0) is 23.3 Å². The minimum atomic E-state index is -0.444. The van der Waals surface area contributed by atoms with Crippen molar-refractivity contribution in [2.75, 3.05) is 12.3 Å². The third-order valence-corrected chi connectivity index (χ3v) is 3.50. The quantitative estimate of drug-likeness (QED) is 0.673. The molecule has 0 aliphatic rings. The maximum atomic E-state index is 11.6. The Kier molecular flexibility index (Phi) is 4.76. The van der Waals surface area contributed by atoms with E-state index in [0.717, 1.165) is 22.0 Å². The summed E-state index contributed by atoms with van der Waals surface area (Å²) in [6, 6.07) is 15.4. The van der Waals surface area contributed by atoms with Crippen molar-refractivity contribution in [1.82, 2.24) is 15.5 Å². The molecule has 0 aliphatic carbocycles. The Morgan fingerprint density at radius 2 is 2.08 bits per heavy atom. The summed E-state index contributed by atoms with van der Waals surface area (Å²) < 4.78 is 5.13. The minimum Gasteiger partial charge on any atom is -0.445 e. The molecule has 3 aromatic rings. The van der Waals surface area contributed by atoms with Gasteiger partial charge in [-0.2, -0.15) is 5.10 Å². The van der Waals surface area contributed by atoms with E-state index in [-0.39, 0.29) is 6.61 Å². The predicted molar refractivity (Wildman–Crippen MR) is 94.2 cm³/mol. The number of hydrogen-bond acceptors (Lipinski definition) is 4. The number of ether oxygens (including phenoxy) is 1. The molecular weight excluding hydrogens is 304 g/mol. The molecule has 0 saturated heterocycles. The number of alkyl carbamates (subject to hydrolysis) is 1. The van der Waals surface area contributed by atoms with Crippen molar-refractivity contribution in [1.29, 1.82) is 0 Å². The van der Waals surface area contributed by atoms with Gasteiger partial charge in [-0.25, -0.2) is 4.79 Å². The highest BCUT2D eigenvalue weighted by atomic mass is 16.5. The van der Waals surface area contributed by atoms with Crippen molar-refractivity contribution in [2.24, 2.45) is 0 Å². The Morgan fingerprint density at radius 3 is 2.92 bits per heavy atom. The van der Waals surface area contributed by atoms with Gasteiger partial charge in [-0.1, -0.05) is 48.6 Å². The summed E-state index contributed by atoms with van der Waals surface area (Å²) >= 11 is 0. The first kappa shape index (κ1) is 15.6. The number of anilines is 1. The van der Waals surface area contributed by atoms with E-state index in [0.29, 0.717) is 12.4 Å². The third-order valence-electron chi connectivity index (χ3n) is 3.50. The molecule has 6 nitrogen and oxygen atoms in total. The van der Waals surface area contributed by atoms with Gasteiger partial charge in [-0.3, -0.25) is 5.10 Å². The van der Waals surface area contributed by atoms with Crippen LogP contribution >= 0.6 is 0 Å². The number of amides is 1. The first-order valence-electron chi connectivity index (χ1n) is 7.57. The van der Waals surface area contributed by atoms with Crippen LogP contribution in [0.1, 0.15) is 11.1 Å². The average molecular weight is 322 g/mol. The maximum absolute atomic E-state index is 11.6. The highest BCUT2D eigenvalue weighted by molar-refractivity contribution is 5.89. The number of aromatic nitrogens is 2. The van der Waals surface area contributed by atoms with E-state index in [9.17, 15) is 4.79 Å². The number of hydrogen-bond donors (Lipinski definition) is 3. The molecular formula is C18H18N4O2. The van der Waals surface area contributed by atoms with E-state index in [4.69, 9.17) is 10.5 Å². The Hall–Kier alpha value is -3.28. The average Bonchev–Trinajstić information content (AvgIpc) is 2.98. The first-order valence-corrected chi connectivity index (χ1v) is 7.57. The zero-order chi connectivity index (χ0) is 16.8. The molecule has 0 atom stereocenters. The third kappa shape index (κ3) is 3.92. The summed E-state index contributed by atoms with van der Waals surface area (Å²) in [6.07, 6.45) is 3.32. The SMILES string of the molecule is Nc1n[nH]c2cc(C=CCNC(=O)OCc3ccccc3)ccc12. The smallest absolute Gasteiger partial charge is 0.407 e. The summed E-state index contributed by atoms with van der Waals surface area (Å²) in [5.41, 5.74) is 8.55. The molecule has 0 saturated carbocycles. The lowest BCUT2D eigenvalue weighted by atomic mass is 10.1. The van der Waals surface area contributed by atoms with E-state index >= 15 is 0 Å². The molecule has 1 amide bonds. The predicted octanol–water partition coefficient (Wildman–Crippen LogP) is 3.08. The zero-order valence-corrected chi connectivity index (χ0v) is 13.0. The van der Waals surface area contributed by atoms with E-state index in [1.165, 1.54) is 0 Å². The van der Waals surface area contributed by atoms with Crippen LogP contribution in [0.3, 0.4) is 0 Å². The van der Waals surface area contributed by atoms with Gasteiger partial charge in [0.1, 0.15) is 6.61 Å². The molecule has 0 spiro atoms. The van der Waals surface area contributed by atoms with Crippen molar-refractivity contribution in [3.8, 4) is 0 Å². The van der Waals surface area contributed by atoms with Crippen LogP contribution in [0, 0.1) is 0 Å². The molecule has 1 heterocycles. The molecule has 0 bridgehead atoms. The van der Waals surface area contributed by atoms with Gasteiger partial charge < -0.3 is 15.8 Å². The first-order chi connectivity index (χ1) is 11.7. The van der Waals surface area contributed by atoms with Crippen LogP contribution in [0.2, 0.25) is 0 Å². The van der Waals surface area contributed by atoms with Gasteiger partial charge in [-0.15, -0.1) is 0 Å². The van der Waals surface area contributed by atoms with Gasteiger partial charge in [0.05, 0.1) is 5.52 Å². The monoisotopic (exact) mass is 322 g/mol. The molecule has 0 fully saturated rings. The van der Waals surface area contributed by atoms with Gasteiger partial charge in [0.25, 0.3) is 0 Å². The van der Waals surface area contributed by atoms with E-state index < -0.39 is 6.09 Å². The topological polar surface area (TPSA) is 93.0 Å². The summed E-state index contributed by atoms with van der Waals surface area (Å²) in [5.74, 6) is 0.489. The molecule has 4 N–H and O–H groups in total. The van der Waals surface area contributed by atoms with Crippen molar-refractivity contribution in [2.45, 2.75) is 6.61 Å². The standard InChI is InChI=1S/C18H18N4O2/c19-17-15-9-8-13(11-16(15)21-22-17)7-4-10-20-18(23)24-12-14-5-2-1-3-6-14/h1-9,11H,10,12H2,(H,20,23)(H3,19,21,22). The van der Waals surface area contributed by atoms with Crippen LogP contribution in [0.5, 0.6) is 0 Å². The molecule has 24 heavy (non-hydrogen) atoms. The lowest BCUT2D eigenvalue weighted by Gasteiger charge is -2.05. The number of nitrogen functional groups attached to an aromatic ring is 1. The zero-order valence-electron chi connectivity index (χ0n) is 13.0. The van der Waals surface area contributed by atoms with Crippen molar-refractivity contribution in [3.05, 3.63) is 65.7 Å². The number of benzene rings is 2. The van der Waals surface area contributed by atoms with E-state index in [1.807, 2.05) is 60.7 Å². The molecule has 1 aromatic heterocycles. The summed E-state index contributed by atoms with van der Waals surface area (Å²) in [7, 11) is 0. The molecule has 0 radical (unpaired) electrons. The molecule has 0 aliphatic heterocycles.